The maximum absolute atomic E-state index is 12.2. The van der Waals surface area contributed by atoms with E-state index in [0.717, 1.165) is 31.1 Å². The van der Waals surface area contributed by atoms with E-state index in [0.29, 0.717) is 15.0 Å². The third-order valence-electron chi connectivity index (χ3n) is 2.12. The van der Waals surface area contributed by atoms with Crippen LogP contribution in [-0.4, -0.2) is 32.9 Å². The number of aliphatic carboxylic acids is 1. The molecule has 0 aliphatic carbocycles. The Kier molecular flexibility index (Phi) is 5.96. The number of rotatable bonds is 5. The average Bonchev–Trinajstić information content (AvgIpc) is 2.86. The Bertz CT molecular complexity index is 695. The first-order valence-corrected chi connectivity index (χ1v) is 9.07. The van der Waals surface area contributed by atoms with Gasteiger partial charge in [0.05, 0.1) is 11.3 Å². The maximum atomic E-state index is 12.2. The second-order valence-corrected chi connectivity index (χ2v) is 7.91. The number of nitrogens with zero attached hydrogens (tertiary/aromatic N) is 2. The molecule has 2 rings (SSSR count). The molecule has 0 spiro atoms. The molecule has 1 amide bonds. The van der Waals surface area contributed by atoms with Crippen molar-refractivity contribution in [2.45, 2.75) is 4.34 Å². The van der Waals surface area contributed by atoms with Crippen molar-refractivity contribution >= 4 is 78.6 Å². The number of anilines is 1. The van der Waals surface area contributed by atoms with Crippen LogP contribution in [0.5, 0.6) is 0 Å². The average molecular weight is 500 g/mol. The summed E-state index contributed by atoms with van der Waals surface area (Å²) in [5.74, 6) is -1.30. The lowest BCUT2D eigenvalue weighted by Crippen LogP contribution is -2.13. The zero-order valence-corrected chi connectivity index (χ0v) is 15.5. The van der Waals surface area contributed by atoms with Crippen molar-refractivity contribution in [3.8, 4) is 0 Å². The van der Waals surface area contributed by atoms with Gasteiger partial charge in [0.1, 0.15) is 0 Å². The van der Waals surface area contributed by atoms with E-state index in [-0.39, 0.29) is 11.7 Å². The van der Waals surface area contributed by atoms with Crippen molar-refractivity contribution in [3.05, 3.63) is 31.8 Å². The van der Waals surface area contributed by atoms with Gasteiger partial charge in [-0.05, 0) is 40.8 Å². The molecule has 1 aromatic heterocycles. The minimum absolute atomic E-state index is 0.0912. The minimum Gasteiger partial charge on any atom is -0.481 e. The number of carboxylic acids is 1. The highest BCUT2D eigenvalue weighted by Gasteiger charge is 2.14. The summed E-state index contributed by atoms with van der Waals surface area (Å²) in [6.07, 6.45) is 0. The third kappa shape index (κ3) is 4.90. The van der Waals surface area contributed by atoms with Crippen LogP contribution >= 0.6 is 61.6 Å². The highest BCUT2D eigenvalue weighted by molar-refractivity contribution is 14.1. The van der Waals surface area contributed by atoms with Gasteiger partial charge in [-0.2, -0.15) is 0 Å². The van der Waals surface area contributed by atoms with E-state index in [1.807, 2.05) is 12.1 Å². The number of amides is 1. The summed E-state index contributed by atoms with van der Waals surface area (Å²) >= 11 is 7.60. The number of carbonyl (C=O) groups is 2. The van der Waals surface area contributed by atoms with E-state index < -0.39 is 5.97 Å². The van der Waals surface area contributed by atoms with Crippen molar-refractivity contribution in [2.75, 3.05) is 11.1 Å². The van der Waals surface area contributed by atoms with Crippen LogP contribution in [-0.2, 0) is 4.79 Å². The number of aromatic nitrogens is 2. The zero-order chi connectivity index (χ0) is 15.4. The number of thioether (sulfide) groups is 1. The normalized spacial score (nSPS) is 10.4. The number of hydrogen-bond donors (Lipinski definition) is 2. The highest BCUT2D eigenvalue weighted by Crippen LogP contribution is 2.26. The monoisotopic (exact) mass is 499 g/mol. The molecule has 0 unspecified atom stereocenters. The fourth-order valence-electron chi connectivity index (χ4n) is 1.28. The van der Waals surface area contributed by atoms with Crippen LogP contribution in [0.15, 0.2) is 27.0 Å². The largest absolute Gasteiger partial charge is 0.481 e. The summed E-state index contributed by atoms with van der Waals surface area (Å²) in [7, 11) is 0. The maximum Gasteiger partial charge on any atom is 0.313 e. The van der Waals surface area contributed by atoms with Crippen LogP contribution in [0.4, 0.5) is 5.13 Å². The number of carboxylic acid groups (broad SMARTS) is 1. The molecule has 0 aliphatic heterocycles. The van der Waals surface area contributed by atoms with E-state index in [4.69, 9.17) is 5.11 Å². The van der Waals surface area contributed by atoms with E-state index in [1.165, 1.54) is 0 Å². The predicted octanol–water partition coefficient (Wildman–Crippen LogP) is 3.33. The fraction of sp³-hybridized carbons (Fsp3) is 0.0909. The van der Waals surface area contributed by atoms with E-state index in [9.17, 15) is 9.59 Å². The van der Waals surface area contributed by atoms with Gasteiger partial charge in [0, 0.05) is 8.04 Å². The molecule has 0 aliphatic rings. The summed E-state index contributed by atoms with van der Waals surface area (Å²) in [5.41, 5.74) is 0.528. The first-order valence-electron chi connectivity index (χ1n) is 5.40. The Morgan fingerprint density at radius 2 is 2.19 bits per heavy atom. The molecule has 6 nitrogen and oxygen atoms in total. The third-order valence-corrected chi connectivity index (χ3v) is 5.51. The molecule has 110 valence electrons. The van der Waals surface area contributed by atoms with Gasteiger partial charge in [-0.25, -0.2) is 0 Å². The quantitative estimate of drug-likeness (QED) is 0.372. The molecule has 0 saturated carbocycles. The van der Waals surface area contributed by atoms with Gasteiger partial charge < -0.3 is 5.11 Å². The first-order chi connectivity index (χ1) is 9.95. The lowest BCUT2D eigenvalue weighted by molar-refractivity contribution is -0.133. The summed E-state index contributed by atoms with van der Waals surface area (Å²) in [5, 5.41) is 19.2. The van der Waals surface area contributed by atoms with E-state index in [2.05, 4.69) is 54.0 Å². The summed E-state index contributed by atoms with van der Waals surface area (Å²) < 4.78 is 2.12. The van der Waals surface area contributed by atoms with Crippen molar-refractivity contribution < 1.29 is 14.7 Å². The van der Waals surface area contributed by atoms with Gasteiger partial charge in [0.15, 0.2) is 4.34 Å². The fourth-order valence-corrected chi connectivity index (χ4v) is 3.69. The molecular formula is C11H7BrIN3O3S2. The first kappa shape index (κ1) is 16.6. The van der Waals surface area contributed by atoms with Gasteiger partial charge in [0.25, 0.3) is 5.91 Å². The Balaban J connectivity index is 2.06. The second kappa shape index (κ2) is 7.51. The van der Waals surface area contributed by atoms with Crippen LogP contribution in [0.2, 0.25) is 0 Å². The molecular weight excluding hydrogens is 493 g/mol. The number of halogens is 2. The molecule has 1 aromatic carbocycles. The Morgan fingerprint density at radius 1 is 1.43 bits per heavy atom. The lowest BCUT2D eigenvalue weighted by Gasteiger charge is -2.04. The molecule has 0 saturated heterocycles. The van der Waals surface area contributed by atoms with Crippen molar-refractivity contribution in [3.63, 3.8) is 0 Å². The Morgan fingerprint density at radius 3 is 2.90 bits per heavy atom. The van der Waals surface area contributed by atoms with Crippen LogP contribution in [0.1, 0.15) is 10.4 Å². The number of carbonyl (C=O) groups excluding carboxylic acids is 1. The molecule has 0 radical (unpaired) electrons. The summed E-state index contributed by atoms with van der Waals surface area (Å²) in [6, 6.07) is 5.40. The smallest absolute Gasteiger partial charge is 0.313 e. The highest BCUT2D eigenvalue weighted by atomic mass is 127. The molecule has 21 heavy (non-hydrogen) atoms. The van der Waals surface area contributed by atoms with E-state index >= 15 is 0 Å². The van der Waals surface area contributed by atoms with Crippen molar-refractivity contribution in [1.29, 1.82) is 0 Å². The second-order valence-electron chi connectivity index (χ2n) is 3.63. The van der Waals surface area contributed by atoms with Crippen molar-refractivity contribution in [1.82, 2.24) is 10.2 Å². The standard InChI is InChI=1S/C11H7BrIN3O3S2/c12-5-1-2-7(13)6(3-5)9(19)14-10-15-16-11(21-10)20-4-8(17)18/h1-3H,4H2,(H,17,18)(H,14,15,19). The summed E-state index contributed by atoms with van der Waals surface area (Å²) in [6.45, 7) is 0. The molecule has 1 heterocycles. The topological polar surface area (TPSA) is 92.2 Å². The summed E-state index contributed by atoms with van der Waals surface area (Å²) in [4.78, 5) is 22.6. The van der Waals surface area contributed by atoms with Crippen LogP contribution in [0, 0.1) is 3.57 Å². The van der Waals surface area contributed by atoms with Gasteiger partial charge >= 0.3 is 5.97 Å². The van der Waals surface area contributed by atoms with Crippen molar-refractivity contribution in [2.24, 2.45) is 0 Å². The molecule has 0 atom stereocenters. The number of hydrogen-bond acceptors (Lipinski definition) is 6. The van der Waals surface area contributed by atoms with Crippen LogP contribution < -0.4 is 5.32 Å². The zero-order valence-electron chi connectivity index (χ0n) is 10.2. The molecule has 10 heteroatoms. The van der Waals surface area contributed by atoms with Gasteiger partial charge in [-0.1, -0.05) is 39.0 Å². The molecule has 2 N–H and O–H groups in total. The van der Waals surface area contributed by atoms with Crippen LogP contribution in [0.3, 0.4) is 0 Å². The predicted molar refractivity (Wildman–Crippen MR) is 93.1 cm³/mol. The van der Waals surface area contributed by atoms with E-state index in [1.54, 1.807) is 6.07 Å². The SMILES string of the molecule is O=C(O)CSc1nnc(NC(=O)c2cc(Br)ccc2I)s1. The van der Waals surface area contributed by atoms with Gasteiger partial charge in [-0.3, -0.25) is 14.9 Å². The molecule has 2 aromatic rings. The van der Waals surface area contributed by atoms with Gasteiger partial charge in [-0.15, -0.1) is 10.2 Å². The minimum atomic E-state index is -0.926. The Labute approximate surface area is 150 Å². The lowest BCUT2D eigenvalue weighted by atomic mass is 10.2. The molecule has 0 fully saturated rings. The Hall–Kier alpha value is -0.720. The number of nitrogens with one attached hydrogen (secondary N) is 1. The van der Waals surface area contributed by atoms with Crippen LogP contribution in [0.25, 0.3) is 0 Å². The van der Waals surface area contributed by atoms with Gasteiger partial charge in [0.2, 0.25) is 5.13 Å². The molecule has 0 bridgehead atoms. The number of benzene rings is 1.